The van der Waals surface area contributed by atoms with E-state index in [4.69, 9.17) is 0 Å². The highest BCUT2D eigenvalue weighted by molar-refractivity contribution is 5.55. The molecule has 0 saturated carbocycles. The van der Waals surface area contributed by atoms with Gasteiger partial charge in [0.2, 0.25) is 0 Å². The number of benzene rings is 1. The summed E-state index contributed by atoms with van der Waals surface area (Å²) in [4.78, 5) is 6.29. The van der Waals surface area contributed by atoms with Crippen LogP contribution in [0.4, 0.5) is 10.1 Å². The summed E-state index contributed by atoms with van der Waals surface area (Å²) in [5, 5.41) is 3.19. The molecule has 3 nitrogen and oxygen atoms in total. The Morgan fingerprint density at radius 2 is 1.95 bits per heavy atom. The summed E-state index contributed by atoms with van der Waals surface area (Å²) >= 11 is 0. The van der Waals surface area contributed by atoms with Crippen molar-refractivity contribution >= 4 is 5.69 Å². The van der Waals surface area contributed by atoms with E-state index >= 15 is 0 Å². The van der Waals surface area contributed by atoms with Crippen molar-refractivity contribution in [3.8, 4) is 0 Å². The summed E-state index contributed by atoms with van der Waals surface area (Å²) in [5.41, 5.74) is 3.24. The van der Waals surface area contributed by atoms with Crippen LogP contribution in [0.15, 0.2) is 42.7 Å². The largest absolute Gasteiger partial charge is 0.367 e. The molecule has 1 atom stereocenters. The lowest BCUT2D eigenvalue weighted by atomic mass is 10.0. The van der Waals surface area contributed by atoms with E-state index in [2.05, 4.69) is 22.1 Å². The van der Waals surface area contributed by atoms with Crippen molar-refractivity contribution in [3.63, 3.8) is 0 Å². The third kappa shape index (κ3) is 3.79. The second-order valence-corrected chi connectivity index (χ2v) is 5.08. The zero-order valence-corrected chi connectivity index (χ0v) is 12.8. The molecule has 0 aliphatic rings. The van der Waals surface area contributed by atoms with Crippen LogP contribution in [0.5, 0.6) is 0 Å². The zero-order valence-electron chi connectivity index (χ0n) is 12.8. The molecule has 2 rings (SSSR count). The Bertz CT molecular complexity index is 572. The van der Waals surface area contributed by atoms with Crippen molar-refractivity contribution in [1.82, 2.24) is 10.3 Å². The molecule has 21 heavy (non-hydrogen) atoms. The van der Waals surface area contributed by atoms with Crippen molar-refractivity contribution in [2.45, 2.75) is 26.4 Å². The van der Waals surface area contributed by atoms with Gasteiger partial charge in [0.1, 0.15) is 5.82 Å². The van der Waals surface area contributed by atoms with Crippen molar-refractivity contribution in [2.75, 3.05) is 18.5 Å². The number of hydrogen-bond acceptors (Lipinski definition) is 3. The molecule has 112 valence electrons. The molecule has 0 aliphatic carbocycles. The van der Waals surface area contributed by atoms with Gasteiger partial charge in [0, 0.05) is 37.2 Å². The van der Waals surface area contributed by atoms with Gasteiger partial charge in [-0.25, -0.2) is 4.39 Å². The van der Waals surface area contributed by atoms with Gasteiger partial charge in [0.05, 0.1) is 0 Å². The summed E-state index contributed by atoms with van der Waals surface area (Å²) in [7, 11) is 1.89. The second-order valence-electron chi connectivity index (χ2n) is 5.08. The highest BCUT2D eigenvalue weighted by atomic mass is 19.1. The van der Waals surface area contributed by atoms with Gasteiger partial charge in [-0.2, -0.15) is 0 Å². The maximum absolute atomic E-state index is 13.6. The first kappa shape index (κ1) is 15.4. The summed E-state index contributed by atoms with van der Waals surface area (Å²) in [5.74, 6) is -0.198. The van der Waals surface area contributed by atoms with E-state index in [9.17, 15) is 4.39 Å². The van der Waals surface area contributed by atoms with Crippen LogP contribution in [-0.2, 0) is 6.54 Å². The maximum Gasteiger partial charge on any atom is 0.123 e. The van der Waals surface area contributed by atoms with E-state index in [1.54, 1.807) is 18.5 Å². The lowest BCUT2D eigenvalue weighted by molar-refractivity contribution is 0.606. The molecular weight excluding hydrogens is 265 g/mol. The lowest BCUT2D eigenvalue weighted by Gasteiger charge is -2.28. The minimum absolute atomic E-state index is 0.0993. The minimum atomic E-state index is -0.198. The first-order chi connectivity index (χ1) is 10.2. The smallest absolute Gasteiger partial charge is 0.123 e. The zero-order chi connectivity index (χ0) is 15.2. The number of hydrogen-bond donors (Lipinski definition) is 1. The molecule has 2 aromatic rings. The van der Waals surface area contributed by atoms with Crippen LogP contribution in [0.2, 0.25) is 0 Å². The Morgan fingerprint density at radius 3 is 2.57 bits per heavy atom. The third-order valence-electron chi connectivity index (χ3n) is 3.73. The van der Waals surface area contributed by atoms with Crippen molar-refractivity contribution in [2.24, 2.45) is 0 Å². The quantitative estimate of drug-likeness (QED) is 0.881. The fourth-order valence-corrected chi connectivity index (χ4v) is 2.39. The molecule has 0 spiro atoms. The fourth-order valence-electron chi connectivity index (χ4n) is 2.39. The predicted octanol–water partition coefficient (Wildman–Crippen LogP) is 3.53. The number of nitrogens with one attached hydrogen (secondary N) is 1. The first-order valence-corrected chi connectivity index (χ1v) is 7.26. The van der Waals surface area contributed by atoms with E-state index in [1.807, 2.05) is 32.2 Å². The number of rotatable bonds is 6. The Kier molecular flexibility index (Phi) is 5.28. The number of nitrogens with zero attached hydrogens (tertiary/aromatic N) is 2. The summed E-state index contributed by atoms with van der Waals surface area (Å²) in [6.45, 7) is 5.79. The molecule has 0 fully saturated rings. The lowest BCUT2D eigenvalue weighted by Crippen LogP contribution is -2.25. The Labute approximate surface area is 125 Å². The van der Waals surface area contributed by atoms with Crippen LogP contribution in [0.3, 0.4) is 0 Å². The topological polar surface area (TPSA) is 28.2 Å². The average molecular weight is 287 g/mol. The molecular formula is C17H22FN3. The fraction of sp³-hybridized carbons (Fsp3) is 0.353. The van der Waals surface area contributed by atoms with Crippen molar-refractivity contribution in [3.05, 3.63) is 59.7 Å². The van der Waals surface area contributed by atoms with Crippen LogP contribution in [0.1, 0.15) is 31.0 Å². The highest BCUT2D eigenvalue weighted by Crippen LogP contribution is 2.28. The molecule has 1 heterocycles. The van der Waals surface area contributed by atoms with Gasteiger partial charge >= 0.3 is 0 Å². The SMILES string of the molecule is CCN(Cc1ccncc1)c1ccc(F)cc1C(C)NC. The molecule has 1 N–H and O–H groups in total. The van der Waals surface area contributed by atoms with Gasteiger partial charge in [-0.3, -0.25) is 4.98 Å². The summed E-state index contributed by atoms with van der Waals surface area (Å²) in [6, 6.07) is 9.12. The minimum Gasteiger partial charge on any atom is -0.367 e. The number of halogens is 1. The molecule has 1 unspecified atom stereocenters. The second kappa shape index (κ2) is 7.18. The summed E-state index contributed by atoms with van der Waals surface area (Å²) < 4.78 is 13.6. The molecule has 0 radical (unpaired) electrons. The standard InChI is InChI=1S/C17H22FN3/c1-4-21(12-14-7-9-20-10-8-14)17-6-5-15(18)11-16(17)13(2)19-3/h5-11,13,19H,4,12H2,1-3H3. The Hall–Kier alpha value is -1.94. The summed E-state index contributed by atoms with van der Waals surface area (Å²) in [6.07, 6.45) is 3.59. The molecule has 1 aromatic heterocycles. The molecule has 0 amide bonds. The van der Waals surface area contributed by atoms with Gasteiger partial charge in [-0.15, -0.1) is 0 Å². The normalized spacial score (nSPS) is 12.2. The molecule has 0 bridgehead atoms. The average Bonchev–Trinajstić information content (AvgIpc) is 2.53. The molecule has 4 heteroatoms. The highest BCUT2D eigenvalue weighted by Gasteiger charge is 2.15. The number of aromatic nitrogens is 1. The van der Waals surface area contributed by atoms with Gasteiger partial charge in [0.25, 0.3) is 0 Å². The molecule has 0 saturated heterocycles. The van der Waals surface area contributed by atoms with Gasteiger partial charge in [-0.05, 0) is 62.4 Å². The predicted molar refractivity (Wildman–Crippen MR) is 84.8 cm³/mol. The number of anilines is 1. The van der Waals surface area contributed by atoms with E-state index in [-0.39, 0.29) is 11.9 Å². The van der Waals surface area contributed by atoms with Gasteiger partial charge < -0.3 is 10.2 Å². The Morgan fingerprint density at radius 1 is 1.24 bits per heavy atom. The molecule has 1 aromatic carbocycles. The van der Waals surface area contributed by atoms with E-state index in [1.165, 1.54) is 11.6 Å². The van der Waals surface area contributed by atoms with Crippen LogP contribution in [-0.4, -0.2) is 18.6 Å². The van der Waals surface area contributed by atoms with Crippen LogP contribution in [0, 0.1) is 5.82 Å². The molecule has 0 aliphatic heterocycles. The third-order valence-corrected chi connectivity index (χ3v) is 3.73. The van der Waals surface area contributed by atoms with Crippen molar-refractivity contribution in [1.29, 1.82) is 0 Å². The van der Waals surface area contributed by atoms with E-state index < -0.39 is 0 Å². The Balaban J connectivity index is 2.33. The van der Waals surface area contributed by atoms with Crippen molar-refractivity contribution < 1.29 is 4.39 Å². The van der Waals surface area contributed by atoms with Gasteiger partial charge in [-0.1, -0.05) is 0 Å². The maximum atomic E-state index is 13.6. The van der Waals surface area contributed by atoms with E-state index in [0.29, 0.717) is 0 Å². The van der Waals surface area contributed by atoms with Crippen LogP contribution in [0.25, 0.3) is 0 Å². The van der Waals surface area contributed by atoms with Crippen LogP contribution >= 0.6 is 0 Å². The van der Waals surface area contributed by atoms with Crippen LogP contribution < -0.4 is 10.2 Å². The monoisotopic (exact) mass is 287 g/mol. The number of pyridine rings is 1. The first-order valence-electron chi connectivity index (χ1n) is 7.26. The van der Waals surface area contributed by atoms with Gasteiger partial charge in [0.15, 0.2) is 0 Å². The van der Waals surface area contributed by atoms with E-state index in [0.717, 1.165) is 24.3 Å².